The van der Waals surface area contributed by atoms with Gasteiger partial charge in [-0.05, 0) is 51.1 Å². The molecule has 1 aromatic carbocycles. The maximum absolute atomic E-state index is 12.6. The van der Waals surface area contributed by atoms with Gasteiger partial charge in [0.15, 0.2) is 0 Å². The molecule has 3 aromatic heterocycles. The minimum atomic E-state index is -0.604. The molecule has 0 spiro atoms. The Morgan fingerprint density at radius 1 is 1.06 bits per heavy atom. The fourth-order valence-corrected chi connectivity index (χ4v) is 3.37. The first-order valence-corrected chi connectivity index (χ1v) is 10.5. The van der Waals surface area contributed by atoms with Crippen LogP contribution in [0, 0.1) is 11.3 Å². The molecule has 9 heteroatoms. The van der Waals surface area contributed by atoms with Crippen LogP contribution in [0.3, 0.4) is 0 Å². The van der Waals surface area contributed by atoms with Crippen LogP contribution >= 0.6 is 11.6 Å². The van der Waals surface area contributed by atoms with Crippen LogP contribution in [-0.2, 0) is 4.74 Å². The van der Waals surface area contributed by atoms with Crippen molar-refractivity contribution in [2.24, 2.45) is 0 Å². The first-order valence-electron chi connectivity index (χ1n) is 10.1. The molecule has 0 bridgehead atoms. The van der Waals surface area contributed by atoms with E-state index in [-0.39, 0.29) is 5.69 Å². The van der Waals surface area contributed by atoms with Gasteiger partial charge in [0, 0.05) is 35.2 Å². The van der Waals surface area contributed by atoms with Gasteiger partial charge in [-0.15, -0.1) is 0 Å². The van der Waals surface area contributed by atoms with Gasteiger partial charge in [0.05, 0.1) is 22.4 Å². The molecule has 0 amide bonds. The number of hydrogen-bond donors (Lipinski definition) is 2. The number of nitriles is 1. The average Bonchev–Trinajstić information content (AvgIpc) is 3.16. The number of carbonyl (C=O) groups excluding carboxylic acids is 1. The summed E-state index contributed by atoms with van der Waals surface area (Å²) in [5.74, 6) is 0.460. The first kappa shape index (κ1) is 22.1. The average molecular weight is 461 g/mol. The van der Waals surface area contributed by atoms with E-state index in [1.807, 2.05) is 45.0 Å². The van der Waals surface area contributed by atoms with Crippen LogP contribution in [0.25, 0.3) is 10.9 Å². The number of pyridine rings is 2. The maximum Gasteiger partial charge on any atom is 0.418 e. The predicted molar refractivity (Wildman–Crippen MR) is 128 cm³/mol. The summed E-state index contributed by atoms with van der Waals surface area (Å²) in [5.41, 5.74) is 2.34. The largest absolute Gasteiger partial charge is 0.443 e. The van der Waals surface area contributed by atoms with E-state index in [4.69, 9.17) is 16.3 Å². The number of fused-ring (bicyclic) bond motifs is 1. The minimum absolute atomic E-state index is 0.232. The monoisotopic (exact) mass is 460 g/mol. The molecular weight excluding hydrogens is 440 g/mol. The van der Waals surface area contributed by atoms with Crippen molar-refractivity contribution in [1.29, 1.82) is 5.26 Å². The Kier molecular flexibility index (Phi) is 5.90. The Morgan fingerprint density at radius 3 is 2.61 bits per heavy atom. The zero-order chi connectivity index (χ0) is 23.6. The second-order valence-electron chi connectivity index (χ2n) is 8.32. The van der Waals surface area contributed by atoms with Crippen LogP contribution in [0.5, 0.6) is 0 Å². The second kappa shape index (κ2) is 8.81. The Hall–Kier alpha value is -4.09. The van der Waals surface area contributed by atoms with Gasteiger partial charge in [0.2, 0.25) is 0 Å². The number of ether oxygens (including phenoxy) is 1. The zero-order valence-electron chi connectivity index (χ0n) is 18.3. The Balaban J connectivity index is 1.63. The molecule has 2 N–H and O–H groups in total. The lowest BCUT2D eigenvalue weighted by Gasteiger charge is -2.19. The zero-order valence-corrected chi connectivity index (χ0v) is 19.0. The van der Waals surface area contributed by atoms with E-state index in [0.29, 0.717) is 33.4 Å². The third kappa shape index (κ3) is 5.40. The van der Waals surface area contributed by atoms with Crippen molar-refractivity contribution in [2.75, 3.05) is 10.6 Å². The van der Waals surface area contributed by atoms with Crippen LogP contribution in [-0.4, -0.2) is 26.2 Å². The molecule has 0 unspecified atom stereocenters. The number of nitrogens with zero attached hydrogens (tertiary/aromatic N) is 4. The Bertz CT molecular complexity index is 1380. The normalized spacial score (nSPS) is 11.1. The van der Waals surface area contributed by atoms with Crippen molar-refractivity contribution in [2.45, 2.75) is 26.4 Å². The van der Waals surface area contributed by atoms with E-state index >= 15 is 0 Å². The molecule has 166 valence electrons. The molecule has 4 rings (SSSR count). The highest BCUT2D eigenvalue weighted by Gasteiger charge is 2.19. The fraction of sp³-hybridized carbons (Fsp3) is 0.167. The van der Waals surface area contributed by atoms with E-state index in [9.17, 15) is 10.1 Å². The first-order chi connectivity index (χ1) is 15.7. The molecule has 0 aliphatic heterocycles. The number of hydrogen-bond acceptors (Lipinski definition) is 7. The highest BCUT2D eigenvalue weighted by molar-refractivity contribution is 6.30. The lowest BCUT2D eigenvalue weighted by Crippen LogP contribution is -2.26. The van der Waals surface area contributed by atoms with Gasteiger partial charge in [-0.3, -0.25) is 9.55 Å². The van der Waals surface area contributed by atoms with Crippen molar-refractivity contribution in [1.82, 2.24) is 14.5 Å². The highest BCUT2D eigenvalue weighted by atomic mass is 35.5. The summed E-state index contributed by atoms with van der Waals surface area (Å²) in [7, 11) is 0. The summed E-state index contributed by atoms with van der Waals surface area (Å²) in [6, 6.07) is 14.6. The quantitative estimate of drug-likeness (QED) is 0.372. The molecule has 3 heterocycles. The topological polar surface area (TPSA) is 105 Å². The molecule has 33 heavy (non-hydrogen) atoms. The minimum Gasteiger partial charge on any atom is -0.443 e. The van der Waals surface area contributed by atoms with Crippen molar-refractivity contribution in [3.8, 4) is 6.07 Å². The van der Waals surface area contributed by atoms with E-state index < -0.39 is 11.7 Å². The van der Waals surface area contributed by atoms with E-state index in [2.05, 4.69) is 26.7 Å². The van der Waals surface area contributed by atoms with Gasteiger partial charge in [-0.2, -0.15) is 5.26 Å². The molecule has 0 saturated heterocycles. The number of anilines is 4. The summed E-state index contributed by atoms with van der Waals surface area (Å²) in [6.07, 6.45) is 4.39. The van der Waals surface area contributed by atoms with Crippen LogP contribution < -0.4 is 10.6 Å². The number of aromatic nitrogens is 3. The summed E-state index contributed by atoms with van der Waals surface area (Å²) in [5, 5.41) is 17.2. The number of benzene rings is 1. The van der Waals surface area contributed by atoms with Gasteiger partial charge < -0.3 is 15.4 Å². The van der Waals surface area contributed by atoms with Gasteiger partial charge in [0.1, 0.15) is 23.2 Å². The lowest BCUT2D eigenvalue weighted by atomic mass is 10.2. The smallest absolute Gasteiger partial charge is 0.418 e. The molecule has 0 radical (unpaired) electrons. The predicted octanol–water partition coefficient (Wildman–Crippen LogP) is 6.23. The highest BCUT2D eigenvalue weighted by Crippen LogP contribution is 2.26. The number of halogens is 1. The van der Waals surface area contributed by atoms with E-state index in [1.165, 1.54) is 10.8 Å². The van der Waals surface area contributed by atoms with Crippen LogP contribution in [0.4, 0.5) is 27.7 Å². The molecular formula is C24H21ClN6O2. The fourth-order valence-electron chi connectivity index (χ4n) is 3.20. The molecule has 0 atom stereocenters. The molecule has 0 saturated carbocycles. The third-order valence-corrected chi connectivity index (χ3v) is 4.70. The summed E-state index contributed by atoms with van der Waals surface area (Å²) < 4.78 is 6.95. The van der Waals surface area contributed by atoms with E-state index in [1.54, 1.807) is 30.6 Å². The van der Waals surface area contributed by atoms with Crippen molar-refractivity contribution < 1.29 is 9.53 Å². The lowest BCUT2D eigenvalue weighted by molar-refractivity contribution is 0.0544. The SMILES string of the molecule is CC(C)(C)OC(=O)n1ccc2ccc(Nc3cc(Nc4cncc(Cl)c4)cc(C#N)n3)cc21. The molecule has 0 aliphatic carbocycles. The van der Waals surface area contributed by atoms with Crippen molar-refractivity contribution in [3.63, 3.8) is 0 Å². The van der Waals surface area contributed by atoms with Crippen molar-refractivity contribution in [3.05, 3.63) is 71.8 Å². The van der Waals surface area contributed by atoms with Crippen molar-refractivity contribution >= 4 is 51.5 Å². The van der Waals surface area contributed by atoms with Crippen LogP contribution in [0.15, 0.2) is 61.1 Å². The van der Waals surface area contributed by atoms with Crippen LogP contribution in [0.1, 0.15) is 26.5 Å². The van der Waals surface area contributed by atoms with E-state index in [0.717, 1.165) is 5.39 Å². The molecule has 8 nitrogen and oxygen atoms in total. The number of rotatable bonds is 4. The summed E-state index contributed by atoms with van der Waals surface area (Å²) >= 11 is 6.00. The molecule has 0 aliphatic rings. The number of nitrogens with one attached hydrogen (secondary N) is 2. The second-order valence-corrected chi connectivity index (χ2v) is 8.76. The summed E-state index contributed by atoms with van der Waals surface area (Å²) in [4.78, 5) is 21.0. The Labute approximate surface area is 195 Å². The van der Waals surface area contributed by atoms with Gasteiger partial charge >= 0.3 is 6.09 Å². The molecule has 0 fully saturated rings. The standard InChI is InChI=1S/C24H21ClN6O2/c1-24(2,3)33-23(32)31-7-6-15-4-5-17(10-21(15)31)29-22-11-18(9-19(12-26)30-22)28-20-8-16(25)13-27-14-20/h4-11,13-14H,1-3H3,(H2,28,29,30). The van der Waals surface area contributed by atoms with Gasteiger partial charge in [-0.25, -0.2) is 9.78 Å². The summed E-state index contributed by atoms with van der Waals surface area (Å²) in [6.45, 7) is 5.47. The number of carbonyl (C=O) groups is 1. The Morgan fingerprint density at radius 2 is 1.88 bits per heavy atom. The van der Waals surface area contributed by atoms with Gasteiger partial charge in [0.25, 0.3) is 0 Å². The third-order valence-electron chi connectivity index (χ3n) is 4.49. The maximum atomic E-state index is 12.6. The molecule has 4 aromatic rings. The van der Waals surface area contributed by atoms with Crippen LogP contribution in [0.2, 0.25) is 5.02 Å². The van der Waals surface area contributed by atoms with Gasteiger partial charge in [-0.1, -0.05) is 17.7 Å².